The molecule has 1 aromatic carbocycles. The van der Waals surface area contributed by atoms with Crippen molar-refractivity contribution in [3.63, 3.8) is 0 Å². The first-order chi connectivity index (χ1) is 10.2. The largest absolute Gasteiger partial charge is 0.418 e. The second-order valence-corrected chi connectivity index (χ2v) is 5.01. The fourth-order valence-corrected chi connectivity index (χ4v) is 2.27. The van der Waals surface area contributed by atoms with E-state index in [2.05, 4.69) is 15.6 Å². The zero-order valence-corrected chi connectivity index (χ0v) is 11.9. The Balaban J connectivity index is 1.71. The van der Waals surface area contributed by atoms with Crippen LogP contribution >= 0.6 is 0 Å². The number of anilines is 2. The van der Waals surface area contributed by atoms with E-state index in [0.717, 1.165) is 37.4 Å². The van der Waals surface area contributed by atoms with Gasteiger partial charge in [0.2, 0.25) is 5.76 Å². The van der Waals surface area contributed by atoms with Gasteiger partial charge in [0.25, 0.3) is 11.9 Å². The monoisotopic (exact) mass is 286 g/mol. The molecule has 0 spiro atoms. The summed E-state index contributed by atoms with van der Waals surface area (Å²) in [6, 6.07) is 8.13. The molecule has 1 aliphatic heterocycles. The Hall–Kier alpha value is -2.34. The molecule has 2 heterocycles. The average molecular weight is 286 g/mol. The number of para-hydroxylation sites is 1. The van der Waals surface area contributed by atoms with E-state index in [1.807, 2.05) is 36.1 Å². The Kier molecular flexibility index (Phi) is 3.87. The van der Waals surface area contributed by atoms with Crippen LogP contribution in [0.25, 0.3) is 0 Å². The summed E-state index contributed by atoms with van der Waals surface area (Å²) in [4.78, 5) is 18.4. The van der Waals surface area contributed by atoms with E-state index in [0.29, 0.717) is 6.01 Å². The van der Waals surface area contributed by atoms with Gasteiger partial charge >= 0.3 is 0 Å². The minimum atomic E-state index is -0.279. The summed E-state index contributed by atoms with van der Waals surface area (Å²) in [7, 11) is 0. The van der Waals surface area contributed by atoms with E-state index < -0.39 is 0 Å². The minimum absolute atomic E-state index is 0.229. The van der Waals surface area contributed by atoms with Gasteiger partial charge < -0.3 is 20.0 Å². The van der Waals surface area contributed by atoms with Crippen molar-refractivity contribution in [2.24, 2.45) is 0 Å². The van der Waals surface area contributed by atoms with Gasteiger partial charge in [0.15, 0.2) is 0 Å². The number of hydrogen-bond acceptors (Lipinski definition) is 5. The molecule has 2 N–H and O–H groups in total. The van der Waals surface area contributed by atoms with Gasteiger partial charge in [-0.1, -0.05) is 18.2 Å². The highest BCUT2D eigenvalue weighted by Crippen LogP contribution is 2.18. The Labute approximate surface area is 123 Å². The van der Waals surface area contributed by atoms with Gasteiger partial charge in [0.05, 0.1) is 6.20 Å². The summed E-state index contributed by atoms with van der Waals surface area (Å²) in [6.45, 7) is 5.40. The fourth-order valence-electron chi connectivity index (χ4n) is 2.27. The van der Waals surface area contributed by atoms with Gasteiger partial charge in [0, 0.05) is 31.9 Å². The number of nitrogens with one attached hydrogen (secondary N) is 2. The summed E-state index contributed by atoms with van der Waals surface area (Å²) < 4.78 is 5.57. The Morgan fingerprint density at radius 2 is 2.10 bits per heavy atom. The molecule has 0 atom stereocenters. The second-order valence-electron chi connectivity index (χ2n) is 5.01. The highest BCUT2D eigenvalue weighted by atomic mass is 16.4. The third-order valence-corrected chi connectivity index (χ3v) is 3.50. The maximum Gasteiger partial charge on any atom is 0.298 e. The van der Waals surface area contributed by atoms with Gasteiger partial charge in [-0.25, -0.2) is 4.98 Å². The number of nitrogens with zero attached hydrogens (tertiary/aromatic N) is 2. The molecular formula is C15H18N4O2. The van der Waals surface area contributed by atoms with Crippen molar-refractivity contribution in [1.29, 1.82) is 0 Å². The summed E-state index contributed by atoms with van der Waals surface area (Å²) in [5.41, 5.74) is 1.79. The van der Waals surface area contributed by atoms with Gasteiger partial charge in [-0.15, -0.1) is 0 Å². The average Bonchev–Trinajstić information content (AvgIpc) is 3.00. The standard InChI is InChI=1S/C15H18N4O2/c1-11-4-2-3-5-12(11)18-14(20)13-10-17-15(21-13)19-8-6-16-7-9-19/h2-5,10,16H,6-9H2,1H3,(H,18,20). The van der Waals surface area contributed by atoms with Crippen LogP contribution in [0, 0.1) is 6.92 Å². The predicted molar refractivity (Wildman–Crippen MR) is 80.7 cm³/mol. The molecule has 0 saturated carbocycles. The molecule has 0 aliphatic carbocycles. The molecule has 1 amide bonds. The third-order valence-electron chi connectivity index (χ3n) is 3.50. The lowest BCUT2D eigenvalue weighted by Gasteiger charge is -2.25. The smallest absolute Gasteiger partial charge is 0.298 e. The highest BCUT2D eigenvalue weighted by Gasteiger charge is 2.19. The van der Waals surface area contributed by atoms with Crippen LogP contribution < -0.4 is 15.5 Å². The SMILES string of the molecule is Cc1ccccc1NC(=O)c1cnc(N2CCNCC2)o1. The zero-order valence-electron chi connectivity index (χ0n) is 11.9. The molecule has 3 rings (SSSR count). The number of aryl methyl sites for hydroxylation is 1. The molecule has 21 heavy (non-hydrogen) atoms. The van der Waals surface area contributed by atoms with Crippen LogP contribution in [0.5, 0.6) is 0 Å². The molecule has 6 heteroatoms. The van der Waals surface area contributed by atoms with Crippen LogP contribution in [0.3, 0.4) is 0 Å². The van der Waals surface area contributed by atoms with Gasteiger partial charge in [-0.05, 0) is 18.6 Å². The van der Waals surface area contributed by atoms with E-state index in [-0.39, 0.29) is 11.7 Å². The third kappa shape index (κ3) is 3.05. The summed E-state index contributed by atoms with van der Waals surface area (Å²) in [5.74, 6) is -0.0510. The van der Waals surface area contributed by atoms with E-state index in [1.54, 1.807) is 0 Å². The Morgan fingerprint density at radius 3 is 2.86 bits per heavy atom. The van der Waals surface area contributed by atoms with E-state index in [9.17, 15) is 4.79 Å². The number of aromatic nitrogens is 1. The molecule has 110 valence electrons. The van der Waals surface area contributed by atoms with Gasteiger partial charge in [0.1, 0.15) is 0 Å². The van der Waals surface area contributed by atoms with Crippen LogP contribution in [-0.4, -0.2) is 37.1 Å². The molecular weight excluding hydrogens is 268 g/mol. The summed E-state index contributed by atoms with van der Waals surface area (Å²) in [6.07, 6.45) is 1.48. The molecule has 0 radical (unpaired) electrons. The van der Waals surface area contributed by atoms with Crippen molar-refractivity contribution in [1.82, 2.24) is 10.3 Å². The first kappa shape index (κ1) is 13.6. The number of oxazole rings is 1. The predicted octanol–water partition coefficient (Wildman–Crippen LogP) is 1.64. The Bertz CT molecular complexity index is 632. The number of carbonyl (C=O) groups is 1. The molecule has 1 saturated heterocycles. The van der Waals surface area contributed by atoms with E-state index in [4.69, 9.17) is 4.42 Å². The Morgan fingerprint density at radius 1 is 1.33 bits per heavy atom. The molecule has 1 aromatic heterocycles. The molecule has 0 bridgehead atoms. The number of carbonyl (C=O) groups excluding carboxylic acids is 1. The van der Waals surface area contributed by atoms with E-state index in [1.165, 1.54) is 6.20 Å². The fraction of sp³-hybridized carbons (Fsp3) is 0.333. The quantitative estimate of drug-likeness (QED) is 0.897. The number of benzene rings is 1. The van der Waals surface area contributed by atoms with Crippen LogP contribution in [-0.2, 0) is 0 Å². The van der Waals surface area contributed by atoms with Gasteiger partial charge in [-0.2, -0.15) is 0 Å². The van der Waals surface area contributed by atoms with Crippen LogP contribution in [0.15, 0.2) is 34.9 Å². The number of amides is 1. The van der Waals surface area contributed by atoms with Crippen molar-refractivity contribution in [2.45, 2.75) is 6.92 Å². The molecule has 0 unspecified atom stereocenters. The summed E-state index contributed by atoms with van der Waals surface area (Å²) >= 11 is 0. The number of piperazine rings is 1. The van der Waals surface area contributed by atoms with E-state index >= 15 is 0 Å². The number of hydrogen-bond donors (Lipinski definition) is 2. The molecule has 1 aliphatic rings. The lowest BCUT2D eigenvalue weighted by atomic mass is 10.2. The first-order valence-electron chi connectivity index (χ1n) is 7.02. The maximum absolute atomic E-state index is 12.2. The number of rotatable bonds is 3. The summed E-state index contributed by atoms with van der Waals surface area (Å²) in [5, 5.41) is 6.10. The molecule has 6 nitrogen and oxygen atoms in total. The lowest BCUT2D eigenvalue weighted by Crippen LogP contribution is -2.43. The van der Waals surface area contributed by atoms with Crippen molar-refractivity contribution in [3.05, 3.63) is 41.8 Å². The minimum Gasteiger partial charge on any atom is -0.418 e. The van der Waals surface area contributed by atoms with Crippen molar-refractivity contribution >= 4 is 17.6 Å². The highest BCUT2D eigenvalue weighted by molar-refractivity contribution is 6.02. The first-order valence-corrected chi connectivity index (χ1v) is 7.02. The molecule has 1 fully saturated rings. The second kappa shape index (κ2) is 5.97. The lowest BCUT2D eigenvalue weighted by molar-refractivity contribution is 0.0997. The van der Waals surface area contributed by atoms with Crippen LogP contribution in [0.2, 0.25) is 0 Å². The zero-order chi connectivity index (χ0) is 14.7. The normalized spacial score (nSPS) is 15.0. The topological polar surface area (TPSA) is 70.4 Å². The van der Waals surface area contributed by atoms with Crippen LogP contribution in [0.4, 0.5) is 11.7 Å². The van der Waals surface area contributed by atoms with Crippen molar-refractivity contribution < 1.29 is 9.21 Å². The van der Waals surface area contributed by atoms with Crippen LogP contribution in [0.1, 0.15) is 16.1 Å². The maximum atomic E-state index is 12.2. The van der Waals surface area contributed by atoms with Gasteiger partial charge in [-0.3, -0.25) is 4.79 Å². The van der Waals surface area contributed by atoms with Crippen molar-refractivity contribution in [2.75, 3.05) is 36.4 Å². The van der Waals surface area contributed by atoms with Crippen molar-refractivity contribution in [3.8, 4) is 0 Å². The molecule has 2 aromatic rings.